The predicted molar refractivity (Wildman–Crippen MR) is 77.1 cm³/mol. The van der Waals surface area contributed by atoms with Gasteiger partial charge in [-0.05, 0) is 19.3 Å². The number of amides is 2. The summed E-state index contributed by atoms with van der Waals surface area (Å²) in [7, 11) is 0. The van der Waals surface area contributed by atoms with E-state index in [0.29, 0.717) is 6.54 Å². The van der Waals surface area contributed by atoms with Gasteiger partial charge in [-0.15, -0.1) is 0 Å². The molecule has 2 amide bonds. The third-order valence-electron chi connectivity index (χ3n) is 3.62. The summed E-state index contributed by atoms with van der Waals surface area (Å²) in [6.07, 6.45) is 6.47. The van der Waals surface area contributed by atoms with E-state index in [9.17, 15) is 9.59 Å². The predicted octanol–water partition coefficient (Wildman–Crippen LogP) is 0.307. The molecule has 0 saturated heterocycles. The fourth-order valence-electron chi connectivity index (χ4n) is 2.46. The van der Waals surface area contributed by atoms with Crippen molar-refractivity contribution in [3.63, 3.8) is 0 Å². The molecule has 4 N–H and O–H groups in total. The summed E-state index contributed by atoms with van der Waals surface area (Å²) < 4.78 is 5.99. The monoisotopic (exact) mass is 285 g/mol. The first kappa shape index (κ1) is 16.9. The summed E-state index contributed by atoms with van der Waals surface area (Å²) in [6, 6.07) is 0. The van der Waals surface area contributed by atoms with Gasteiger partial charge in [0.25, 0.3) is 0 Å². The van der Waals surface area contributed by atoms with Gasteiger partial charge in [-0.3, -0.25) is 9.59 Å². The Morgan fingerprint density at radius 3 is 2.45 bits per heavy atom. The lowest BCUT2D eigenvalue weighted by molar-refractivity contribution is -0.127. The van der Waals surface area contributed by atoms with Crippen LogP contribution >= 0.6 is 0 Å². The minimum atomic E-state index is -0.324. The van der Waals surface area contributed by atoms with E-state index in [2.05, 4.69) is 17.6 Å². The lowest BCUT2D eigenvalue weighted by atomic mass is 9.84. The van der Waals surface area contributed by atoms with E-state index >= 15 is 0 Å². The molecule has 1 saturated carbocycles. The highest BCUT2D eigenvalue weighted by atomic mass is 16.5. The first-order valence-electron chi connectivity index (χ1n) is 7.49. The van der Waals surface area contributed by atoms with Crippen LogP contribution in [0, 0.1) is 0 Å². The zero-order valence-corrected chi connectivity index (χ0v) is 12.4. The summed E-state index contributed by atoms with van der Waals surface area (Å²) in [6.45, 7) is 3.19. The van der Waals surface area contributed by atoms with Crippen molar-refractivity contribution < 1.29 is 14.3 Å². The fraction of sp³-hybridized carbons (Fsp3) is 0.857. The summed E-state index contributed by atoms with van der Waals surface area (Å²) in [5.41, 5.74) is 4.94. The number of nitrogens with two attached hydrogens (primary N) is 1. The second-order valence-electron chi connectivity index (χ2n) is 5.35. The Kier molecular flexibility index (Phi) is 7.54. The van der Waals surface area contributed by atoms with Crippen molar-refractivity contribution in [3.8, 4) is 0 Å². The van der Waals surface area contributed by atoms with E-state index in [1.54, 1.807) is 0 Å². The number of hydrogen-bond donors (Lipinski definition) is 3. The third kappa shape index (κ3) is 5.88. The molecule has 6 heteroatoms. The molecule has 1 rings (SSSR count). The van der Waals surface area contributed by atoms with Crippen molar-refractivity contribution in [2.24, 2.45) is 5.73 Å². The van der Waals surface area contributed by atoms with E-state index in [0.717, 1.165) is 38.7 Å². The molecule has 1 aliphatic carbocycles. The summed E-state index contributed by atoms with van der Waals surface area (Å²) in [5.74, 6) is -0.522. The van der Waals surface area contributed by atoms with Crippen molar-refractivity contribution in [1.29, 1.82) is 0 Å². The van der Waals surface area contributed by atoms with Gasteiger partial charge in [-0.25, -0.2) is 0 Å². The molecule has 0 atom stereocenters. The topological polar surface area (TPSA) is 93.5 Å². The molecular weight excluding hydrogens is 258 g/mol. The quantitative estimate of drug-likeness (QED) is 0.598. The lowest BCUT2D eigenvalue weighted by Crippen LogP contribution is -2.49. The van der Waals surface area contributed by atoms with Crippen LogP contribution in [0.1, 0.15) is 45.4 Å². The van der Waals surface area contributed by atoms with Gasteiger partial charge in [0.05, 0.1) is 18.7 Å². The molecule has 0 aromatic heterocycles. The Morgan fingerprint density at radius 2 is 1.85 bits per heavy atom. The van der Waals surface area contributed by atoms with Crippen LogP contribution in [-0.2, 0) is 14.3 Å². The van der Waals surface area contributed by atoms with Gasteiger partial charge in [0, 0.05) is 13.2 Å². The van der Waals surface area contributed by atoms with E-state index in [-0.39, 0.29) is 30.5 Å². The smallest absolute Gasteiger partial charge is 0.239 e. The molecule has 1 fully saturated rings. The molecule has 0 aromatic rings. The second kappa shape index (κ2) is 8.92. The maximum Gasteiger partial charge on any atom is 0.239 e. The van der Waals surface area contributed by atoms with E-state index in [4.69, 9.17) is 10.5 Å². The molecule has 0 aromatic carbocycles. The van der Waals surface area contributed by atoms with Gasteiger partial charge in [-0.2, -0.15) is 0 Å². The molecule has 0 unspecified atom stereocenters. The minimum Gasteiger partial charge on any atom is -0.373 e. The van der Waals surface area contributed by atoms with Crippen LogP contribution in [-0.4, -0.2) is 43.7 Å². The highest BCUT2D eigenvalue weighted by Crippen LogP contribution is 2.31. The average Bonchev–Trinajstić information content (AvgIpc) is 2.49. The van der Waals surface area contributed by atoms with Crippen LogP contribution in [0.4, 0.5) is 0 Å². The zero-order valence-electron chi connectivity index (χ0n) is 12.4. The summed E-state index contributed by atoms with van der Waals surface area (Å²) in [4.78, 5) is 22.7. The molecule has 116 valence electrons. The third-order valence-corrected chi connectivity index (χ3v) is 3.62. The Hall–Kier alpha value is -1.14. The number of carbonyl (C=O) groups is 2. The Balaban J connectivity index is 2.37. The number of nitrogens with one attached hydrogen (secondary N) is 2. The Labute approximate surface area is 120 Å². The van der Waals surface area contributed by atoms with Crippen LogP contribution < -0.4 is 16.4 Å². The van der Waals surface area contributed by atoms with E-state index in [1.165, 1.54) is 6.42 Å². The van der Waals surface area contributed by atoms with Gasteiger partial charge >= 0.3 is 0 Å². The number of hydrogen-bond acceptors (Lipinski definition) is 4. The molecule has 0 bridgehead atoms. The standard InChI is InChI=1S/C14H27N3O3/c1-2-8-20-14(6-4-3-5-7-14)11-17-13(19)10-16-12(18)9-15/h2-11,15H2,1H3,(H,16,18)(H,17,19). The van der Waals surface area contributed by atoms with Crippen molar-refractivity contribution >= 4 is 11.8 Å². The van der Waals surface area contributed by atoms with Gasteiger partial charge in [0.15, 0.2) is 0 Å². The normalized spacial score (nSPS) is 17.5. The molecule has 20 heavy (non-hydrogen) atoms. The molecule has 0 aliphatic heterocycles. The Morgan fingerprint density at radius 1 is 1.15 bits per heavy atom. The highest BCUT2D eigenvalue weighted by molar-refractivity contribution is 5.85. The van der Waals surface area contributed by atoms with Crippen LogP contribution in [0.5, 0.6) is 0 Å². The SMILES string of the molecule is CCCOC1(CNC(=O)CNC(=O)CN)CCCCC1. The molecule has 0 radical (unpaired) electrons. The lowest BCUT2D eigenvalue weighted by Gasteiger charge is -2.37. The largest absolute Gasteiger partial charge is 0.373 e. The van der Waals surface area contributed by atoms with Gasteiger partial charge in [-0.1, -0.05) is 26.2 Å². The van der Waals surface area contributed by atoms with Crippen molar-refractivity contribution in [3.05, 3.63) is 0 Å². The molecule has 6 nitrogen and oxygen atoms in total. The first-order chi connectivity index (χ1) is 9.62. The summed E-state index contributed by atoms with van der Waals surface area (Å²) >= 11 is 0. The molecule has 0 heterocycles. The van der Waals surface area contributed by atoms with Crippen molar-refractivity contribution in [2.75, 3.05) is 26.2 Å². The number of carbonyl (C=O) groups excluding carboxylic acids is 2. The van der Waals surface area contributed by atoms with Gasteiger partial charge < -0.3 is 21.1 Å². The van der Waals surface area contributed by atoms with Gasteiger partial charge in [0.1, 0.15) is 0 Å². The van der Waals surface area contributed by atoms with E-state index < -0.39 is 0 Å². The molecule has 1 aliphatic rings. The van der Waals surface area contributed by atoms with Crippen molar-refractivity contribution in [1.82, 2.24) is 10.6 Å². The highest BCUT2D eigenvalue weighted by Gasteiger charge is 2.33. The number of rotatable bonds is 8. The maximum atomic E-state index is 11.7. The van der Waals surface area contributed by atoms with Crippen LogP contribution in [0.25, 0.3) is 0 Å². The van der Waals surface area contributed by atoms with E-state index in [1.807, 2.05) is 0 Å². The van der Waals surface area contributed by atoms with Gasteiger partial charge in [0.2, 0.25) is 11.8 Å². The van der Waals surface area contributed by atoms with Crippen LogP contribution in [0.3, 0.4) is 0 Å². The van der Waals surface area contributed by atoms with Crippen molar-refractivity contribution in [2.45, 2.75) is 51.0 Å². The first-order valence-corrected chi connectivity index (χ1v) is 7.49. The van der Waals surface area contributed by atoms with Crippen LogP contribution in [0.2, 0.25) is 0 Å². The maximum absolute atomic E-state index is 11.7. The minimum absolute atomic E-state index is 0.0279. The summed E-state index contributed by atoms with van der Waals surface area (Å²) in [5, 5.41) is 5.32. The van der Waals surface area contributed by atoms with Crippen LogP contribution in [0.15, 0.2) is 0 Å². The Bertz CT molecular complexity index is 315. The molecular formula is C14H27N3O3. The number of ether oxygens (including phenoxy) is 1. The average molecular weight is 285 g/mol. The second-order valence-corrected chi connectivity index (χ2v) is 5.35. The fourth-order valence-corrected chi connectivity index (χ4v) is 2.46. The molecule has 0 spiro atoms. The zero-order chi connectivity index (χ0) is 14.8.